The fourth-order valence-corrected chi connectivity index (χ4v) is 3.82. The molecule has 3 atom stereocenters. The topological polar surface area (TPSA) is 0 Å². The number of hydrogen-bond acceptors (Lipinski definition) is 0. The van der Waals surface area contributed by atoms with E-state index in [0.717, 1.165) is 17.8 Å². The molecule has 0 spiro atoms. The summed E-state index contributed by atoms with van der Waals surface area (Å²) >= 11 is 0. The molecular formula is C26H52. The minimum absolute atomic E-state index is 0.875. The van der Waals surface area contributed by atoms with Crippen LogP contribution in [-0.2, 0) is 0 Å². The van der Waals surface area contributed by atoms with Crippen LogP contribution in [-0.4, -0.2) is 0 Å². The summed E-state index contributed by atoms with van der Waals surface area (Å²) in [6.07, 6.45) is 18.6. The maximum absolute atomic E-state index is 2.48. The Morgan fingerprint density at radius 2 is 1.65 bits per heavy atom. The van der Waals surface area contributed by atoms with Crippen molar-refractivity contribution in [3.63, 3.8) is 0 Å². The summed E-state index contributed by atoms with van der Waals surface area (Å²) in [4.78, 5) is 0. The lowest BCUT2D eigenvalue weighted by molar-refractivity contribution is 0.294. The molecule has 0 N–H and O–H groups in total. The fourth-order valence-electron chi connectivity index (χ4n) is 3.82. The smallest absolute Gasteiger partial charge is 0.0205 e. The Morgan fingerprint density at radius 1 is 1.00 bits per heavy atom. The predicted molar refractivity (Wildman–Crippen MR) is 124 cm³/mol. The van der Waals surface area contributed by atoms with Gasteiger partial charge in [0.05, 0.1) is 0 Å². The summed E-state index contributed by atoms with van der Waals surface area (Å²) < 4.78 is 0. The predicted octanol–water partition coefficient (Wildman–Crippen LogP) is 9.75. The lowest BCUT2D eigenvalue weighted by Crippen LogP contribution is -2.16. The monoisotopic (exact) mass is 364 g/mol. The molecule has 0 fully saturated rings. The van der Waals surface area contributed by atoms with Crippen molar-refractivity contribution in [3.8, 4) is 0 Å². The molecule has 0 saturated carbocycles. The van der Waals surface area contributed by atoms with Crippen molar-refractivity contribution >= 4 is 0 Å². The number of allylic oxidation sites excluding steroid dienone is 4. The molecule has 0 heteroatoms. The maximum atomic E-state index is 2.48. The summed E-state index contributed by atoms with van der Waals surface area (Å²) in [6, 6.07) is 0. The van der Waals surface area contributed by atoms with Crippen molar-refractivity contribution in [1.29, 1.82) is 0 Å². The number of rotatable bonds is 7. The molecule has 2 aliphatic rings. The van der Waals surface area contributed by atoms with Gasteiger partial charge in [0, 0.05) is 0 Å². The summed E-state index contributed by atoms with van der Waals surface area (Å²) in [5.41, 5.74) is 3.39. The van der Waals surface area contributed by atoms with E-state index in [0.29, 0.717) is 0 Å². The van der Waals surface area contributed by atoms with Gasteiger partial charge in [-0.2, -0.15) is 0 Å². The molecule has 0 heterocycles. The van der Waals surface area contributed by atoms with E-state index < -0.39 is 0 Å². The van der Waals surface area contributed by atoms with Gasteiger partial charge in [-0.3, -0.25) is 0 Å². The minimum Gasteiger partial charge on any atom is -0.0882 e. The molecule has 0 amide bonds. The third-order valence-electron chi connectivity index (χ3n) is 5.74. The van der Waals surface area contributed by atoms with Gasteiger partial charge in [0.2, 0.25) is 0 Å². The Hall–Kier alpha value is -0.520. The summed E-state index contributed by atoms with van der Waals surface area (Å²) in [7, 11) is 0. The SMILES string of the molecule is CC.CC.CCCC1=C(C)CC1.CCC[C@@H](CC)CC1C=CCCC1C. The normalized spacial score (nSPS) is 21.9. The Bertz CT molecular complexity index is 347. The average Bonchev–Trinajstić information content (AvgIpc) is 2.69. The second-order valence-electron chi connectivity index (χ2n) is 7.58. The van der Waals surface area contributed by atoms with Crippen molar-refractivity contribution in [3.05, 3.63) is 23.3 Å². The second-order valence-corrected chi connectivity index (χ2v) is 7.58. The molecule has 0 saturated heterocycles. The van der Waals surface area contributed by atoms with Crippen molar-refractivity contribution in [1.82, 2.24) is 0 Å². The van der Waals surface area contributed by atoms with E-state index in [1.165, 1.54) is 64.2 Å². The zero-order chi connectivity index (χ0) is 20.4. The van der Waals surface area contributed by atoms with Gasteiger partial charge in [-0.25, -0.2) is 0 Å². The highest BCUT2D eigenvalue weighted by molar-refractivity contribution is 5.21. The number of hydrogen-bond donors (Lipinski definition) is 0. The van der Waals surface area contributed by atoms with E-state index in [4.69, 9.17) is 0 Å². The second kappa shape index (κ2) is 19.2. The van der Waals surface area contributed by atoms with E-state index in [-0.39, 0.29) is 0 Å². The molecule has 2 unspecified atom stereocenters. The first-order valence-electron chi connectivity index (χ1n) is 12.0. The first-order valence-corrected chi connectivity index (χ1v) is 12.0. The van der Waals surface area contributed by atoms with E-state index in [9.17, 15) is 0 Å². The molecule has 0 aromatic carbocycles. The Labute approximate surface area is 167 Å². The van der Waals surface area contributed by atoms with Gasteiger partial charge >= 0.3 is 0 Å². The zero-order valence-electron chi connectivity index (χ0n) is 20.0. The molecule has 26 heavy (non-hydrogen) atoms. The van der Waals surface area contributed by atoms with Crippen LogP contribution < -0.4 is 0 Å². The van der Waals surface area contributed by atoms with E-state index in [1.54, 1.807) is 11.1 Å². The molecular weight excluding hydrogens is 312 g/mol. The van der Waals surface area contributed by atoms with Gasteiger partial charge in [-0.15, -0.1) is 0 Å². The highest BCUT2D eigenvalue weighted by Crippen LogP contribution is 2.32. The lowest BCUT2D eigenvalue weighted by Gasteiger charge is -2.27. The van der Waals surface area contributed by atoms with Crippen LogP contribution in [0.3, 0.4) is 0 Å². The van der Waals surface area contributed by atoms with Crippen molar-refractivity contribution in [2.45, 2.75) is 127 Å². The van der Waals surface area contributed by atoms with Gasteiger partial charge in [0.25, 0.3) is 0 Å². The van der Waals surface area contributed by atoms with Crippen LogP contribution >= 0.6 is 0 Å². The molecule has 0 aliphatic heterocycles. The lowest BCUT2D eigenvalue weighted by atomic mass is 9.78. The van der Waals surface area contributed by atoms with Crippen LogP contribution in [0, 0.1) is 17.8 Å². The molecule has 156 valence electrons. The minimum atomic E-state index is 0.875. The largest absolute Gasteiger partial charge is 0.0882 e. The summed E-state index contributed by atoms with van der Waals surface area (Å²) in [6.45, 7) is 19.6. The fraction of sp³-hybridized carbons (Fsp3) is 0.846. The molecule has 0 aromatic heterocycles. The van der Waals surface area contributed by atoms with Crippen LogP contribution in [0.5, 0.6) is 0 Å². The third kappa shape index (κ3) is 12.0. The highest BCUT2D eigenvalue weighted by atomic mass is 14.3. The summed E-state index contributed by atoms with van der Waals surface area (Å²) in [5, 5.41) is 0. The molecule has 0 aromatic rings. The van der Waals surface area contributed by atoms with Crippen LogP contribution in [0.15, 0.2) is 23.3 Å². The van der Waals surface area contributed by atoms with E-state index >= 15 is 0 Å². The Balaban J connectivity index is 0. The van der Waals surface area contributed by atoms with E-state index in [1.807, 2.05) is 27.7 Å². The molecule has 0 radical (unpaired) electrons. The average molecular weight is 365 g/mol. The molecule has 2 aliphatic carbocycles. The van der Waals surface area contributed by atoms with Crippen LogP contribution in [0.2, 0.25) is 0 Å². The van der Waals surface area contributed by atoms with Crippen LogP contribution in [0.25, 0.3) is 0 Å². The maximum Gasteiger partial charge on any atom is -0.0205 e. The molecule has 2 rings (SSSR count). The van der Waals surface area contributed by atoms with E-state index in [2.05, 4.69) is 46.8 Å². The van der Waals surface area contributed by atoms with Crippen molar-refractivity contribution < 1.29 is 0 Å². The van der Waals surface area contributed by atoms with Crippen LogP contribution in [0.4, 0.5) is 0 Å². The molecule has 0 bridgehead atoms. The van der Waals surface area contributed by atoms with Gasteiger partial charge in [0.15, 0.2) is 0 Å². The third-order valence-corrected chi connectivity index (χ3v) is 5.74. The van der Waals surface area contributed by atoms with Gasteiger partial charge in [-0.05, 0) is 63.2 Å². The molecule has 0 nitrogen and oxygen atoms in total. The van der Waals surface area contributed by atoms with Crippen LogP contribution in [0.1, 0.15) is 127 Å². The first-order chi connectivity index (χ1) is 12.6. The first kappa shape index (κ1) is 27.7. The van der Waals surface area contributed by atoms with Crippen molar-refractivity contribution in [2.75, 3.05) is 0 Å². The van der Waals surface area contributed by atoms with Gasteiger partial charge in [-0.1, -0.05) is 104 Å². The van der Waals surface area contributed by atoms with Gasteiger partial charge < -0.3 is 0 Å². The summed E-state index contributed by atoms with van der Waals surface area (Å²) in [5.74, 6) is 2.77. The van der Waals surface area contributed by atoms with Crippen molar-refractivity contribution in [2.24, 2.45) is 17.8 Å². The standard InChI is InChI=1S/C14H26.C8H14.2C2H6/c1-4-8-13(5-2)11-14-10-7-6-9-12(14)3;1-3-4-8-6-5-7(8)2;2*1-2/h7,10,12-14H,4-6,8-9,11H2,1-3H3;3-6H2,1-2H3;2*1-2H3/t12?,13-,14?;;;/m1.../s1. The quantitative estimate of drug-likeness (QED) is 0.394. The highest BCUT2D eigenvalue weighted by Gasteiger charge is 2.20. The Kier molecular flexibility index (Phi) is 20.5. The zero-order valence-corrected chi connectivity index (χ0v) is 20.0. The Morgan fingerprint density at radius 3 is 2.00 bits per heavy atom. The van der Waals surface area contributed by atoms with Gasteiger partial charge in [0.1, 0.15) is 0 Å².